The second-order valence-electron chi connectivity index (χ2n) is 8.15. The fourth-order valence-electron chi connectivity index (χ4n) is 3.96. The summed E-state index contributed by atoms with van der Waals surface area (Å²) in [5, 5.41) is 4.26. The zero-order valence-electron chi connectivity index (χ0n) is 18.5. The molecule has 4 heterocycles. The van der Waals surface area contributed by atoms with E-state index in [9.17, 15) is 4.39 Å². The van der Waals surface area contributed by atoms with Crippen molar-refractivity contribution in [3.8, 4) is 11.3 Å². The normalized spacial score (nSPS) is 16.7. The van der Waals surface area contributed by atoms with Crippen LogP contribution in [0.15, 0.2) is 30.6 Å². The first kappa shape index (κ1) is 20.4. The zero-order chi connectivity index (χ0) is 22.4. The number of nitrogens with zero attached hydrogens (tertiary/aromatic N) is 7. The van der Waals surface area contributed by atoms with Crippen LogP contribution in [0.3, 0.4) is 0 Å². The fourth-order valence-corrected chi connectivity index (χ4v) is 3.96. The minimum Gasteiger partial charge on any atom is -0.370 e. The first-order valence-corrected chi connectivity index (χ1v) is 10.5. The Morgan fingerprint density at radius 3 is 2.62 bits per heavy atom. The van der Waals surface area contributed by atoms with Crippen molar-refractivity contribution in [1.29, 1.82) is 0 Å². The van der Waals surface area contributed by atoms with Gasteiger partial charge < -0.3 is 9.64 Å². The summed E-state index contributed by atoms with van der Waals surface area (Å²) < 4.78 is 21.5. The second kappa shape index (κ2) is 7.90. The van der Waals surface area contributed by atoms with Crippen LogP contribution < -0.4 is 4.90 Å². The van der Waals surface area contributed by atoms with Crippen LogP contribution in [0, 0.1) is 26.6 Å². The molecule has 0 saturated carbocycles. The highest BCUT2D eigenvalue weighted by molar-refractivity contribution is 5.89. The van der Waals surface area contributed by atoms with E-state index in [4.69, 9.17) is 19.7 Å². The van der Waals surface area contributed by atoms with Gasteiger partial charge in [0.15, 0.2) is 5.65 Å². The molecule has 32 heavy (non-hydrogen) atoms. The third kappa shape index (κ3) is 3.69. The number of hydrogen-bond acceptors (Lipinski definition) is 7. The molecule has 9 heteroatoms. The number of aryl methyl sites for hydroxylation is 4. The van der Waals surface area contributed by atoms with Gasteiger partial charge in [0, 0.05) is 30.9 Å². The Morgan fingerprint density at radius 2 is 1.88 bits per heavy atom. The van der Waals surface area contributed by atoms with Gasteiger partial charge in [0.1, 0.15) is 23.1 Å². The smallest absolute Gasteiger partial charge is 0.228 e. The standard InChI is InChI=1S/C23H24FN7O/c1-13-9-17(24)5-6-18(13)20-21-22(27-15(3)14(2)26-21)29-23(28-20)31-7-8-32-19(12-31)16-10-25-30(4)11-16/h5-6,9-11,19H,7-8,12H2,1-4H3. The highest BCUT2D eigenvalue weighted by Crippen LogP contribution is 2.31. The van der Waals surface area contributed by atoms with Crippen LogP contribution in [0.2, 0.25) is 0 Å². The van der Waals surface area contributed by atoms with E-state index in [2.05, 4.69) is 15.0 Å². The summed E-state index contributed by atoms with van der Waals surface area (Å²) in [6.45, 7) is 7.49. The number of benzene rings is 1. The zero-order valence-corrected chi connectivity index (χ0v) is 18.5. The maximum absolute atomic E-state index is 13.8. The Bertz CT molecular complexity index is 1320. The van der Waals surface area contributed by atoms with Crippen LogP contribution in [0.1, 0.15) is 28.6 Å². The monoisotopic (exact) mass is 433 g/mol. The van der Waals surface area contributed by atoms with E-state index in [1.165, 1.54) is 12.1 Å². The lowest BCUT2D eigenvalue weighted by molar-refractivity contribution is 0.0392. The Balaban J connectivity index is 1.62. The fraction of sp³-hybridized carbons (Fsp3) is 0.348. The van der Waals surface area contributed by atoms with Crippen molar-refractivity contribution in [2.45, 2.75) is 26.9 Å². The molecule has 164 valence electrons. The van der Waals surface area contributed by atoms with E-state index in [1.807, 2.05) is 40.2 Å². The SMILES string of the molecule is Cc1cc(F)ccc1-c1nc(N2CCOC(c3cnn(C)c3)C2)nc2nc(C)c(C)nc12. The minimum atomic E-state index is -0.282. The first-order valence-electron chi connectivity index (χ1n) is 10.5. The Labute approximate surface area is 185 Å². The van der Waals surface area contributed by atoms with Crippen molar-refractivity contribution in [1.82, 2.24) is 29.7 Å². The number of fused-ring (bicyclic) bond motifs is 1. The molecule has 1 aromatic carbocycles. The molecular weight excluding hydrogens is 409 g/mol. The van der Waals surface area contributed by atoms with Gasteiger partial charge in [-0.1, -0.05) is 0 Å². The van der Waals surface area contributed by atoms with Crippen LogP contribution >= 0.6 is 0 Å². The average molecular weight is 433 g/mol. The van der Waals surface area contributed by atoms with Crippen molar-refractivity contribution >= 4 is 17.1 Å². The molecule has 0 N–H and O–H groups in total. The lowest BCUT2D eigenvalue weighted by atomic mass is 10.0. The third-order valence-corrected chi connectivity index (χ3v) is 5.82. The van der Waals surface area contributed by atoms with E-state index in [-0.39, 0.29) is 11.9 Å². The lowest BCUT2D eigenvalue weighted by Gasteiger charge is -2.32. The maximum atomic E-state index is 13.8. The van der Waals surface area contributed by atoms with E-state index >= 15 is 0 Å². The van der Waals surface area contributed by atoms with Crippen molar-refractivity contribution in [3.63, 3.8) is 0 Å². The summed E-state index contributed by atoms with van der Waals surface area (Å²) in [7, 11) is 1.89. The summed E-state index contributed by atoms with van der Waals surface area (Å²) in [5.74, 6) is 0.279. The molecule has 4 aromatic rings. The van der Waals surface area contributed by atoms with Crippen molar-refractivity contribution < 1.29 is 9.13 Å². The molecule has 8 nitrogen and oxygen atoms in total. The van der Waals surface area contributed by atoms with E-state index in [0.717, 1.165) is 28.1 Å². The first-order chi connectivity index (χ1) is 15.4. The quantitative estimate of drug-likeness (QED) is 0.489. The van der Waals surface area contributed by atoms with Crippen molar-refractivity contribution in [2.24, 2.45) is 7.05 Å². The molecule has 0 radical (unpaired) electrons. The topological polar surface area (TPSA) is 81.9 Å². The molecule has 1 fully saturated rings. The number of rotatable bonds is 3. The number of halogens is 1. The molecule has 5 rings (SSSR count). The molecule has 1 aliphatic heterocycles. The van der Waals surface area contributed by atoms with Crippen LogP contribution in [0.25, 0.3) is 22.4 Å². The number of ether oxygens (including phenoxy) is 1. The predicted octanol–water partition coefficient (Wildman–Crippen LogP) is 3.46. The Morgan fingerprint density at radius 1 is 1.06 bits per heavy atom. The summed E-state index contributed by atoms with van der Waals surface area (Å²) in [5.41, 5.74) is 6.05. The highest BCUT2D eigenvalue weighted by atomic mass is 19.1. The molecule has 0 amide bonds. The van der Waals surface area contributed by atoms with Crippen LogP contribution in [-0.4, -0.2) is 49.4 Å². The lowest BCUT2D eigenvalue weighted by Crippen LogP contribution is -2.39. The van der Waals surface area contributed by atoms with Gasteiger partial charge in [0.25, 0.3) is 0 Å². The van der Waals surface area contributed by atoms with Crippen molar-refractivity contribution in [2.75, 3.05) is 24.6 Å². The molecule has 0 bridgehead atoms. The molecule has 1 unspecified atom stereocenters. The number of anilines is 1. The molecule has 1 aliphatic rings. The van der Waals surface area contributed by atoms with E-state index in [0.29, 0.717) is 42.5 Å². The molecule has 0 aliphatic carbocycles. The third-order valence-electron chi connectivity index (χ3n) is 5.82. The largest absolute Gasteiger partial charge is 0.370 e. The molecule has 1 atom stereocenters. The molecule has 1 saturated heterocycles. The number of morpholine rings is 1. The van der Waals surface area contributed by atoms with Crippen LogP contribution in [0.5, 0.6) is 0 Å². The van der Waals surface area contributed by atoms with Crippen LogP contribution in [0.4, 0.5) is 10.3 Å². The number of hydrogen-bond donors (Lipinski definition) is 0. The summed E-state index contributed by atoms with van der Waals surface area (Å²) in [6, 6.07) is 4.69. The van der Waals surface area contributed by atoms with Gasteiger partial charge in [-0.25, -0.2) is 19.3 Å². The van der Waals surface area contributed by atoms with E-state index in [1.54, 1.807) is 10.7 Å². The number of aromatic nitrogens is 6. The summed E-state index contributed by atoms with van der Waals surface area (Å²) in [6.07, 6.45) is 3.65. The molecule has 3 aromatic heterocycles. The van der Waals surface area contributed by atoms with Gasteiger partial charge in [0.05, 0.1) is 30.7 Å². The molecular formula is C23H24FN7O. The van der Waals surface area contributed by atoms with Gasteiger partial charge in [-0.15, -0.1) is 0 Å². The highest BCUT2D eigenvalue weighted by Gasteiger charge is 2.26. The second-order valence-corrected chi connectivity index (χ2v) is 8.15. The molecule has 0 spiro atoms. The van der Waals surface area contributed by atoms with Gasteiger partial charge >= 0.3 is 0 Å². The Kier molecular flexibility index (Phi) is 5.05. The predicted molar refractivity (Wildman–Crippen MR) is 119 cm³/mol. The summed E-state index contributed by atoms with van der Waals surface area (Å²) in [4.78, 5) is 21.2. The van der Waals surface area contributed by atoms with Gasteiger partial charge in [-0.2, -0.15) is 10.1 Å². The average Bonchev–Trinajstić information content (AvgIpc) is 3.21. The van der Waals surface area contributed by atoms with Gasteiger partial charge in [-0.3, -0.25) is 4.68 Å². The van der Waals surface area contributed by atoms with Gasteiger partial charge in [0.2, 0.25) is 5.95 Å². The maximum Gasteiger partial charge on any atom is 0.228 e. The summed E-state index contributed by atoms with van der Waals surface area (Å²) >= 11 is 0. The van der Waals surface area contributed by atoms with Gasteiger partial charge in [-0.05, 0) is 44.5 Å². The van der Waals surface area contributed by atoms with Crippen LogP contribution in [-0.2, 0) is 11.8 Å². The minimum absolute atomic E-state index is 0.126. The Hall–Kier alpha value is -3.46. The van der Waals surface area contributed by atoms with E-state index < -0.39 is 0 Å². The van der Waals surface area contributed by atoms with Crippen molar-refractivity contribution in [3.05, 3.63) is 58.9 Å².